The van der Waals surface area contributed by atoms with Gasteiger partial charge in [-0.25, -0.2) is 12.8 Å². The second-order valence-corrected chi connectivity index (χ2v) is 7.02. The number of sulfonamides is 1. The highest BCUT2D eigenvalue weighted by Gasteiger charge is 2.17. The maximum Gasteiger partial charge on any atom is 0.262 e. The predicted octanol–water partition coefficient (Wildman–Crippen LogP) is 3.24. The zero-order chi connectivity index (χ0) is 15.6. The van der Waals surface area contributed by atoms with Crippen molar-refractivity contribution in [2.75, 3.05) is 16.7 Å². The molecule has 0 spiro atoms. The summed E-state index contributed by atoms with van der Waals surface area (Å²) >= 11 is 1.55. The quantitative estimate of drug-likeness (QED) is 0.668. The van der Waals surface area contributed by atoms with Gasteiger partial charge in [0.25, 0.3) is 10.0 Å². The lowest BCUT2D eigenvalue weighted by Crippen LogP contribution is -2.14. The molecule has 0 bridgehead atoms. The molecule has 0 aliphatic heterocycles. The van der Waals surface area contributed by atoms with Crippen molar-refractivity contribution in [2.24, 2.45) is 0 Å². The van der Waals surface area contributed by atoms with Crippen LogP contribution in [0.4, 0.5) is 15.8 Å². The fourth-order valence-corrected chi connectivity index (χ4v) is 3.22. The van der Waals surface area contributed by atoms with Crippen molar-refractivity contribution in [3.05, 3.63) is 47.8 Å². The Bertz CT molecular complexity index is 736. The van der Waals surface area contributed by atoms with E-state index in [4.69, 9.17) is 5.73 Å². The van der Waals surface area contributed by atoms with E-state index in [1.54, 1.807) is 36.0 Å². The largest absolute Gasteiger partial charge is 0.398 e. The van der Waals surface area contributed by atoms with E-state index < -0.39 is 15.8 Å². The van der Waals surface area contributed by atoms with Crippen molar-refractivity contribution < 1.29 is 12.8 Å². The molecule has 0 amide bonds. The third-order valence-electron chi connectivity index (χ3n) is 3.01. The monoisotopic (exact) mass is 326 g/mol. The number of hydrogen-bond acceptors (Lipinski definition) is 4. The van der Waals surface area contributed by atoms with Gasteiger partial charge in [-0.1, -0.05) is 0 Å². The van der Waals surface area contributed by atoms with Gasteiger partial charge in [0.15, 0.2) is 0 Å². The highest BCUT2D eigenvalue weighted by atomic mass is 32.2. The first-order valence-electron chi connectivity index (χ1n) is 6.06. The first kappa shape index (κ1) is 15.7. The van der Waals surface area contributed by atoms with Crippen LogP contribution in [0, 0.1) is 12.7 Å². The second kappa shape index (κ2) is 5.95. The minimum atomic E-state index is -3.87. The summed E-state index contributed by atoms with van der Waals surface area (Å²) in [6, 6.07) is 9.11. The Kier molecular flexibility index (Phi) is 4.43. The molecule has 112 valence electrons. The van der Waals surface area contributed by atoms with E-state index in [2.05, 4.69) is 4.72 Å². The minimum absolute atomic E-state index is 0.105. The van der Waals surface area contributed by atoms with Crippen molar-refractivity contribution in [2.45, 2.75) is 16.7 Å². The Hall–Kier alpha value is -1.73. The van der Waals surface area contributed by atoms with Gasteiger partial charge in [-0.3, -0.25) is 4.72 Å². The van der Waals surface area contributed by atoms with Crippen LogP contribution in [0.3, 0.4) is 0 Å². The predicted molar refractivity (Wildman–Crippen MR) is 84.6 cm³/mol. The fourth-order valence-electron chi connectivity index (χ4n) is 1.70. The van der Waals surface area contributed by atoms with Crippen LogP contribution in [-0.4, -0.2) is 14.7 Å². The molecule has 2 aromatic rings. The maximum atomic E-state index is 13.6. The molecular formula is C14H15FN2O2S2. The van der Waals surface area contributed by atoms with Crippen LogP contribution in [0.1, 0.15) is 5.56 Å². The van der Waals surface area contributed by atoms with Gasteiger partial charge in [0.1, 0.15) is 5.82 Å². The van der Waals surface area contributed by atoms with Gasteiger partial charge in [0.05, 0.1) is 4.90 Å². The zero-order valence-electron chi connectivity index (χ0n) is 11.6. The lowest BCUT2D eigenvalue weighted by Gasteiger charge is -2.10. The first-order valence-corrected chi connectivity index (χ1v) is 8.77. The van der Waals surface area contributed by atoms with E-state index in [-0.39, 0.29) is 16.1 Å². The van der Waals surface area contributed by atoms with Gasteiger partial charge in [-0.2, -0.15) is 0 Å². The molecule has 2 aromatic carbocycles. The summed E-state index contributed by atoms with van der Waals surface area (Å²) < 4.78 is 40.5. The van der Waals surface area contributed by atoms with E-state index in [0.29, 0.717) is 5.69 Å². The summed E-state index contributed by atoms with van der Waals surface area (Å²) in [7, 11) is -3.87. The maximum absolute atomic E-state index is 13.6. The molecule has 0 aromatic heterocycles. The SMILES string of the molecule is CSc1ccc(NS(=O)(=O)c2cc(N)c(C)c(F)c2)cc1. The Labute approximate surface area is 127 Å². The molecule has 0 radical (unpaired) electrons. The molecule has 21 heavy (non-hydrogen) atoms. The summed E-state index contributed by atoms with van der Waals surface area (Å²) in [5.74, 6) is -0.645. The van der Waals surface area contributed by atoms with Gasteiger partial charge in [-0.05, 0) is 49.6 Å². The summed E-state index contributed by atoms with van der Waals surface area (Å²) in [6.45, 7) is 1.50. The Morgan fingerprint density at radius 1 is 1.19 bits per heavy atom. The number of halogens is 1. The van der Waals surface area contributed by atoms with E-state index >= 15 is 0 Å². The molecule has 0 heterocycles. The van der Waals surface area contributed by atoms with Crippen molar-refractivity contribution in [1.82, 2.24) is 0 Å². The van der Waals surface area contributed by atoms with Gasteiger partial charge < -0.3 is 5.73 Å². The number of nitrogens with one attached hydrogen (secondary N) is 1. The van der Waals surface area contributed by atoms with Crippen molar-refractivity contribution in [3.63, 3.8) is 0 Å². The molecular weight excluding hydrogens is 311 g/mol. The van der Waals surface area contributed by atoms with E-state index in [0.717, 1.165) is 11.0 Å². The Morgan fingerprint density at radius 2 is 1.81 bits per heavy atom. The van der Waals surface area contributed by atoms with Gasteiger partial charge in [0.2, 0.25) is 0 Å². The van der Waals surface area contributed by atoms with Crippen LogP contribution in [0.2, 0.25) is 0 Å². The Morgan fingerprint density at radius 3 is 2.33 bits per heavy atom. The lowest BCUT2D eigenvalue weighted by atomic mass is 10.2. The molecule has 0 saturated heterocycles. The first-order chi connectivity index (χ1) is 9.83. The van der Waals surface area contributed by atoms with E-state index in [9.17, 15) is 12.8 Å². The van der Waals surface area contributed by atoms with Gasteiger partial charge in [0, 0.05) is 21.8 Å². The smallest absolute Gasteiger partial charge is 0.262 e. The average Bonchev–Trinajstić information content (AvgIpc) is 2.44. The number of nitrogens with two attached hydrogens (primary N) is 1. The van der Waals surface area contributed by atoms with Crippen molar-refractivity contribution in [3.8, 4) is 0 Å². The number of anilines is 2. The number of benzene rings is 2. The second-order valence-electron chi connectivity index (χ2n) is 4.45. The molecule has 0 aliphatic carbocycles. The highest BCUT2D eigenvalue weighted by molar-refractivity contribution is 7.98. The molecule has 7 heteroatoms. The fraction of sp³-hybridized carbons (Fsp3) is 0.143. The number of thioether (sulfide) groups is 1. The van der Waals surface area contributed by atoms with Gasteiger partial charge >= 0.3 is 0 Å². The summed E-state index contributed by atoms with van der Waals surface area (Å²) in [4.78, 5) is 0.820. The van der Waals surface area contributed by atoms with Crippen LogP contribution >= 0.6 is 11.8 Å². The number of rotatable bonds is 4. The average molecular weight is 326 g/mol. The molecule has 0 atom stereocenters. The molecule has 3 N–H and O–H groups in total. The topological polar surface area (TPSA) is 72.2 Å². The number of nitrogen functional groups attached to an aromatic ring is 1. The normalized spacial score (nSPS) is 11.4. The molecule has 4 nitrogen and oxygen atoms in total. The van der Waals surface area contributed by atoms with Gasteiger partial charge in [-0.15, -0.1) is 11.8 Å². The summed E-state index contributed by atoms with van der Waals surface area (Å²) in [6.07, 6.45) is 1.93. The van der Waals surface area contributed by atoms with E-state index in [1.807, 2.05) is 6.26 Å². The van der Waals surface area contributed by atoms with Crippen LogP contribution in [0.25, 0.3) is 0 Å². The molecule has 0 unspecified atom stereocenters. The summed E-state index contributed by atoms with van der Waals surface area (Å²) in [5, 5.41) is 0. The Balaban J connectivity index is 2.33. The third kappa shape index (κ3) is 3.48. The lowest BCUT2D eigenvalue weighted by molar-refractivity contribution is 0.593. The molecule has 0 aliphatic rings. The minimum Gasteiger partial charge on any atom is -0.398 e. The highest BCUT2D eigenvalue weighted by Crippen LogP contribution is 2.24. The van der Waals surface area contributed by atoms with Crippen LogP contribution in [0.5, 0.6) is 0 Å². The van der Waals surface area contributed by atoms with Crippen LogP contribution in [-0.2, 0) is 10.0 Å². The molecule has 0 fully saturated rings. The van der Waals surface area contributed by atoms with Crippen LogP contribution in [0.15, 0.2) is 46.2 Å². The van der Waals surface area contributed by atoms with Crippen molar-refractivity contribution in [1.29, 1.82) is 0 Å². The third-order valence-corrected chi connectivity index (χ3v) is 5.11. The van der Waals surface area contributed by atoms with Crippen molar-refractivity contribution >= 4 is 33.2 Å². The summed E-state index contributed by atoms with van der Waals surface area (Å²) in [5.41, 5.74) is 6.36. The number of hydrogen-bond donors (Lipinski definition) is 2. The molecule has 0 saturated carbocycles. The van der Waals surface area contributed by atoms with E-state index in [1.165, 1.54) is 13.0 Å². The molecule has 2 rings (SSSR count). The van der Waals surface area contributed by atoms with Crippen LogP contribution < -0.4 is 10.5 Å². The standard InChI is InChI=1S/C14H15FN2O2S2/c1-9-13(15)7-12(8-14(9)16)21(18,19)17-10-3-5-11(20-2)6-4-10/h3-8,17H,16H2,1-2H3. The zero-order valence-corrected chi connectivity index (χ0v) is 13.2.